The monoisotopic (exact) mass is 218 g/mol. The quantitative estimate of drug-likeness (QED) is 0.582. The maximum atomic E-state index is 11.7. The Morgan fingerprint density at radius 3 is 2.93 bits per heavy atom. The van der Waals surface area contributed by atoms with Crippen LogP contribution in [-0.4, -0.2) is 5.78 Å². The minimum Gasteiger partial charge on any atom is -0.465 e. The highest BCUT2D eigenvalue weighted by molar-refractivity contribution is 7.12. The highest BCUT2D eigenvalue weighted by Crippen LogP contribution is 2.17. The first-order chi connectivity index (χ1) is 7.27. The van der Waals surface area contributed by atoms with Crippen LogP contribution in [-0.2, 0) is 0 Å². The number of ketones is 1. The summed E-state index contributed by atoms with van der Waals surface area (Å²) in [5.41, 5.74) is 1.02. The molecule has 0 saturated heterocycles. The van der Waals surface area contributed by atoms with Crippen LogP contribution in [0.1, 0.15) is 21.0 Å². The molecule has 2 rings (SSSR count). The average Bonchev–Trinajstić information content (AvgIpc) is 2.84. The lowest BCUT2D eigenvalue weighted by atomic mass is 10.2. The van der Waals surface area contributed by atoms with Gasteiger partial charge in [0.1, 0.15) is 5.76 Å². The second kappa shape index (κ2) is 4.28. The first-order valence-corrected chi connectivity index (χ1v) is 5.45. The Bertz CT molecular complexity index is 477. The second-order valence-corrected chi connectivity index (χ2v) is 4.06. The van der Waals surface area contributed by atoms with Crippen LogP contribution in [0.2, 0.25) is 0 Å². The molecule has 0 saturated carbocycles. The van der Waals surface area contributed by atoms with Crippen LogP contribution in [0.25, 0.3) is 6.08 Å². The second-order valence-electron chi connectivity index (χ2n) is 3.15. The molecule has 0 fully saturated rings. The molecule has 0 unspecified atom stereocenters. The van der Waals surface area contributed by atoms with Gasteiger partial charge in [0.15, 0.2) is 5.78 Å². The summed E-state index contributed by atoms with van der Waals surface area (Å²) in [5, 5.41) is 1.92. The van der Waals surface area contributed by atoms with Crippen molar-refractivity contribution in [2.75, 3.05) is 0 Å². The van der Waals surface area contributed by atoms with Crippen molar-refractivity contribution in [3.05, 3.63) is 52.1 Å². The molecule has 2 heterocycles. The molecule has 0 radical (unpaired) electrons. The lowest BCUT2D eigenvalue weighted by Crippen LogP contribution is -1.91. The van der Waals surface area contributed by atoms with E-state index in [0.29, 0.717) is 5.76 Å². The Labute approximate surface area is 91.9 Å². The summed E-state index contributed by atoms with van der Waals surface area (Å²) in [6.07, 6.45) is 4.81. The van der Waals surface area contributed by atoms with Gasteiger partial charge in [-0.15, -0.1) is 11.3 Å². The van der Waals surface area contributed by atoms with E-state index >= 15 is 0 Å². The van der Waals surface area contributed by atoms with Crippen molar-refractivity contribution < 1.29 is 9.21 Å². The number of furan rings is 1. The van der Waals surface area contributed by atoms with Crippen LogP contribution in [0.5, 0.6) is 0 Å². The van der Waals surface area contributed by atoms with Crippen LogP contribution < -0.4 is 0 Å². The summed E-state index contributed by atoms with van der Waals surface area (Å²) in [4.78, 5) is 12.5. The van der Waals surface area contributed by atoms with Crippen LogP contribution in [0.15, 0.2) is 40.3 Å². The van der Waals surface area contributed by atoms with Crippen molar-refractivity contribution in [1.82, 2.24) is 0 Å². The topological polar surface area (TPSA) is 30.2 Å². The number of thiophene rings is 1. The summed E-state index contributed by atoms with van der Waals surface area (Å²) in [5.74, 6) is 0.719. The molecule has 76 valence electrons. The zero-order valence-electron chi connectivity index (χ0n) is 8.27. The normalized spacial score (nSPS) is 11.0. The van der Waals surface area contributed by atoms with E-state index in [-0.39, 0.29) is 5.78 Å². The van der Waals surface area contributed by atoms with Crippen molar-refractivity contribution in [3.8, 4) is 0 Å². The maximum Gasteiger partial charge on any atom is 0.196 e. The number of carbonyl (C=O) groups is 1. The molecule has 0 aromatic carbocycles. The Morgan fingerprint density at radius 2 is 2.33 bits per heavy atom. The van der Waals surface area contributed by atoms with Gasteiger partial charge in [0.25, 0.3) is 0 Å². The van der Waals surface area contributed by atoms with E-state index in [4.69, 9.17) is 4.42 Å². The third-order valence-electron chi connectivity index (χ3n) is 2.03. The van der Waals surface area contributed by atoms with Crippen molar-refractivity contribution in [2.45, 2.75) is 6.92 Å². The van der Waals surface area contributed by atoms with Gasteiger partial charge < -0.3 is 4.42 Å². The molecule has 2 nitrogen and oxygen atoms in total. The molecule has 15 heavy (non-hydrogen) atoms. The molecule has 0 bridgehead atoms. The van der Waals surface area contributed by atoms with E-state index in [1.807, 2.05) is 24.4 Å². The van der Waals surface area contributed by atoms with Gasteiger partial charge in [-0.1, -0.05) is 0 Å². The van der Waals surface area contributed by atoms with Crippen molar-refractivity contribution in [3.63, 3.8) is 0 Å². The fraction of sp³-hybridized carbons (Fsp3) is 0.0833. The zero-order valence-corrected chi connectivity index (χ0v) is 9.08. The summed E-state index contributed by atoms with van der Waals surface area (Å²) in [7, 11) is 0. The Morgan fingerprint density at radius 1 is 1.47 bits per heavy atom. The molecule has 3 heteroatoms. The number of aryl methyl sites for hydroxylation is 1. The molecule has 0 atom stereocenters. The lowest BCUT2D eigenvalue weighted by molar-refractivity contribution is 0.105. The van der Waals surface area contributed by atoms with Crippen molar-refractivity contribution in [2.24, 2.45) is 0 Å². The Hall–Kier alpha value is -1.61. The predicted octanol–water partition coefficient (Wildman–Crippen LogP) is 3.55. The van der Waals surface area contributed by atoms with Gasteiger partial charge in [-0.25, -0.2) is 0 Å². The molecule has 2 aromatic heterocycles. The standard InChI is InChI=1S/C12H10O2S/c1-9-6-8-15-12(9)11(13)5-4-10-3-2-7-14-10/h2-8H,1H3. The van der Waals surface area contributed by atoms with E-state index in [1.165, 1.54) is 17.4 Å². The maximum absolute atomic E-state index is 11.7. The van der Waals surface area contributed by atoms with Gasteiger partial charge >= 0.3 is 0 Å². The zero-order chi connectivity index (χ0) is 10.7. The highest BCUT2D eigenvalue weighted by Gasteiger charge is 2.06. The van der Waals surface area contributed by atoms with Gasteiger partial charge in [-0.05, 0) is 48.2 Å². The van der Waals surface area contributed by atoms with E-state index in [0.717, 1.165) is 10.4 Å². The van der Waals surface area contributed by atoms with E-state index in [9.17, 15) is 4.79 Å². The minimum absolute atomic E-state index is 0.0268. The minimum atomic E-state index is 0.0268. The third-order valence-corrected chi connectivity index (χ3v) is 3.06. The first-order valence-electron chi connectivity index (χ1n) is 4.57. The number of allylic oxidation sites excluding steroid dienone is 1. The van der Waals surface area contributed by atoms with E-state index in [1.54, 1.807) is 18.4 Å². The molecule has 0 spiro atoms. The van der Waals surface area contributed by atoms with Gasteiger partial charge in [0.2, 0.25) is 0 Å². The summed E-state index contributed by atoms with van der Waals surface area (Å²) < 4.78 is 5.10. The molecule has 0 aliphatic rings. The lowest BCUT2D eigenvalue weighted by Gasteiger charge is -1.91. The number of hydrogen-bond donors (Lipinski definition) is 0. The third kappa shape index (κ3) is 2.25. The summed E-state index contributed by atoms with van der Waals surface area (Å²) in [6, 6.07) is 5.55. The molecule has 0 aliphatic heterocycles. The first kappa shape index (κ1) is 9.93. The molecule has 0 N–H and O–H groups in total. The van der Waals surface area contributed by atoms with Crippen molar-refractivity contribution >= 4 is 23.2 Å². The molecular formula is C12H10O2S. The van der Waals surface area contributed by atoms with Gasteiger partial charge in [-0.2, -0.15) is 0 Å². The molecule has 0 amide bonds. The largest absolute Gasteiger partial charge is 0.465 e. The fourth-order valence-corrected chi connectivity index (χ4v) is 2.09. The summed E-state index contributed by atoms with van der Waals surface area (Å²) in [6.45, 7) is 1.93. The van der Waals surface area contributed by atoms with Crippen LogP contribution in [0.4, 0.5) is 0 Å². The molecule has 0 aliphatic carbocycles. The van der Waals surface area contributed by atoms with Gasteiger partial charge in [0.05, 0.1) is 11.1 Å². The van der Waals surface area contributed by atoms with E-state index < -0.39 is 0 Å². The Balaban J connectivity index is 2.14. The summed E-state index contributed by atoms with van der Waals surface area (Å²) >= 11 is 1.46. The van der Waals surface area contributed by atoms with Crippen LogP contribution in [0.3, 0.4) is 0 Å². The van der Waals surface area contributed by atoms with Crippen LogP contribution in [0, 0.1) is 6.92 Å². The SMILES string of the molecule is Cc1ccsc1C(=O)C=Cc1ccco1. The van der Waals surface area contributed by atoms with Gasteiger partial charge in [-0.3, -0.25) is 4.79 Å². The van der Waals surface area contributed by atoms with Gasteiger partial charge in [0, 0.05) is 0 Å². The van der Waals surface area contributed by atoms with Crippen molar-refractivity contribution in [1.29, 1.82) is 0 Å². The molecular weight excluding hydrogens is 208 g/mol. The smallest absolute Gasteiger partial charge is 0.196 e. The van der Waals surface area contributed by atoms with E-state index in [2.05, 4.69) is 0 Å². The highest BCUT2D eigenvalue weighted by atomic mass is 32.1. The number of hydrogen-bond acceptors (Lipinski definition) is 3. The number of carbonyl (C=O) groups excluding carboxylic acids is 1. The number of rotatable bonds is 3. The fourth-order valence-electron chi connectivity index (χ4n) is 1.24. The Kier molecular flexibility index (Phi) is 2.83. The van der Waals surface area contributed by atoms with Crippen LogP contribution >= 0.6 is 11.3 Å². The predicted molar refractivity (Wildman–Crippen MR) is 61.1 cm³/mol. The average molecular weight is 218 g/mol. The molecule has 2 aromatic rings.